The van der Waals surface area contributed by atoms with Crippen LogP contribution in [-0.2, 0) is 6.61 Å². The average Bonchev–Trinajstić information content (AvgIpc) is 2.47. The Morgan fingerprint density at radius 3 is 2.43 bits per heavy atom. The number of rotatable bonds is 6. The van der Waals surface area contributed by atoms with Crippen LogP contribution in [0.25, 0.3) is 11.1 Å². The highest BCUT2D eigenvalue weighted by molar-refractivity contribution is 7.98. The zero-order chi connectivity index (χ0) is 15.2. The standard InChI is InChI=1S/C18H22O2S/c1-13-9-17(20-7-8-21-3)10-14(2)18(13)16-6-4-5-15(11-16)12-19/h4-6,9-11,19H,7-8,12H2,1-3H3. The maximum Gasteiger partial charge on any atom is 0.119 e. The Labute approximate surface area is 131 Å². The lowest BCUT2D eigenvalue weighted by atomic mass is 9.94. The Morgan fingerprint density at radius 2 is 1.81 bits per heavy atom. The molecule has 0 amide bonds. The van der Waals surface area contributed by atoms with Crippen molar-refractivity contribution in [3.05, 3.63) is 53.1 Å². The molecule has 0 heterocycles. The molecule has 0 aliphatic carbocycles. The van der Waals surface area contributed by atoms with Crippen LogP contribution >= 0.6 is 11.8 Å². The lowest BCUT2D eigenvalue weighted by Gasteiger charge is -2.14. The lowest BCUT2D eigenvalue weighted by molar-refractivity contribution is 0.282. The highest BCUT2D eigenvalue weighted by atomic mass is 32.2. The minimum Gasteiger partial charge on any atom is -0.493 e. The van der Waals surface area contributed by atoms with E-state index in [4.69, 9.17) is 4.74 Å². The van der Waals surface area contributed by atoms with E-state index in [1.165, 1.54) is 16.7 Å². The molecule has 0 spiro atoms. The first-order valence-corrected chi connectivity index (χ1v) is 8.48. The highest BCUT2D eigenvalue weighted by Gasteiger charge is 2.09. The van der Waals surface area contributed by atoms with Crippen LogP contribution in [-0.4, -0.2) is 23.7 Å². The number of aliphatic hydroxyl groups is 1. The molecule has 2 aromatic rings. The Balaban J connectivity index is 2.32. The Bertz CT molecular complexity index is 585. The van der Waals surface area contributed by atoms with E-state index in [-0.39, 0.29) is 6.61 Å². The number of benzene rings is 2. The molecule has 0 fully saturated rings. The fourth-order valence-electron chi connectivity index (χ4n) is 2.53. The summed E-state index contributed by atoms with van der Waals surface area (Å²) < 4.78 is 5.78. The molecule has 0 radical (unpaired) electrons. The SMILES string of the molecule is CSCCOc1cc(C)c(-c2cccc(CO)c2)c(C)c1. The number of aryl methyl sites for hydroxylation is 2. The van der Waals surface area contributed by atoms with Crippen molar-refractivity contribution in [3.63, 3.8) is 0 Å². The minimum atomic E-state index is 0.0712. The second kappa shape index (κ2) is 7.53. The molecule has 0 bridgehead atoms. The monoisotopic (exact) mass is 302 g/mol. The van der Waals surface area contributed by atoms with Gasteiger partial charge >= 0.3 is 0 Å². The van der Waals surface area contributed by atoms with Crippen molar-refractivity contribution in [1.82, 2.24) is 0 Å². The van der Waals surface area contributed by atoms with Crippen molar-refractivity contribution in [2.24, 2.45) is 0 Å². The van der Waals surface area contributed by atoms with Crippen LogP contribution in [0.3, 0.4) is 0 Å². The largest absolute Gasteiger partial charge is 0.493 e. The number of ether oxygens (including phenoxy) is 1. The van der Waals surface area contributed by atoms with Crippen molar-refractivity contribution in [1.29, 1.82) is 0 Å². The van der Waals surface area contributed by atoms with E-state index in [1.807, 2.05) is 18.2 Å². The molecule has 0 aliphatic rings. The first kappa shape index (κ1) is 15.9. The van der Waals surface area contributed by atoms with E-state index in [0.29, 0.717) is 0 Å². The van der Waals surface area contributed by atoms with E-state index < -0.39 is 0 Å². The Hall–Kier alpha value is -1.45. The van der Waals surface area contributed by atoms with Crippen LogP contribution < -0.4 is 4.74 Å². The predicted octanol–water partition coefficient (Wildman–Crippen LogP) is 4.20. The van der Waals surface area contributed by atoms with Gasteiger partial charge < -0.3 is 9.84 Å². The van der Waals surface area contributed by atoms with Gasteiger partial charge in [-0.05, 0) is 66.1 Å². The molecule has 2 rings (SSSR count). The fourth-order valence-corrected chi connectivity index (χ4v) is 2.78. The van der Waals surface area contributed by atoms with Gasteiger partial charge in [0, 0.05) is 5.75 Å². The maximum atomic E-state index is 9.29. The summed E-state index contributed by atoms with van der Waals surface area (Å²) in [6.45, 7) is 5.02. The molecule has 2 nitrogen and oxygen atoms in total. The van der Waals surface area contributed by atoms with Crippen molar-refractivity contribution in [3.8, 4) is 16.9 Å². The van der Waals surface area contributed by atoms with Crippen LogP contribution in [0.4, 0.5) is 0 Å². The summed E-state index contributed by atoms with van der Waals surface area (Å²) in [7, 11) is 0. The van der Waals surface area contributed by atoms with Crippen molar-refractivity contribution in [2.75, 3.05) is 18.6 Å². The normalized spacial score (nSPS) is 10.7. The highest BCUT2D eigenvalue weighted by Crippen LogP contribution is 2.31. The molecule has 21 heavy (non-hydrogen) atoms. The second-order valence-electron chi connectivity index (χ2n) is 5.13. The van der Waals surface area contributed by atoms with Crippen molar-refractivity contribution < 1.29 is 9.84 Å². The van der Waals surface area contributed by atoms with Crippen molar-refractivity contribution in [2.45, 2.75) is 20.5 Å². The number of aliphatic hydroxyl groups excluding tert-OH is 1. The van der Waals surface area contributed by atoms with Gasteiger partial charge in [0.25, 0.3) is 0 Å². The first-order valence-electron chi connectivity index (χ1n) is 7.09. The topological polar surface area (TPSA) is 29.5 Å². The van der Waals surface area contributed by atoms with Crippen LogP contribution in [0.5, 0.6) is 5.75 Å². The van der Waals surface area contributed by atoms with Crippen LogP contribution in [0.2, 0.25) is 0 Å². The molecule has 0 atom stereocenters. The van der Waals surface area contributed by atoms with Gasteiger partial charge in [-0.25, -0.2) is 0 Å². The van der Waals surface area contributed by atoms with E-state index >= 15 is 0 Å². The maximum absolute atomic E-state index is 9.29. The molecule has 3 heteroatoms. The molecule has 0 aliphatic heterocycles. The number of hydrogen-bond donors (Lipinski definition) is 1. The summed E-state index contributed by atoms with van der Waals surface area (Å²) in [6.07, 6.45) is 2.08. The number of thioether (sulfide) groups is 1. The fraction of sp³-hybridized carbons (Fsp3) is 0.333. The smallest absolute Gasteiger partial charge is 0.119 e. The van der Waals surface area contributed by atoms with E-state index in [0.717, 1.165) is 29.2 Å². The molecule has 0 saturated carbocycles. The summed E-state index contributed by atoms with van der Waals surface area (Å²) in [6, 6.07) is 12.2. The quantitative estimate of drug-likeness (QED) is 0.811. The molecular formula is C18H22O2S. The van der Waals surface area contributed by atoms with Gasteiger partial charge in [-0.2, -0.15) is 11.8 Å². The third-order valence-electron chi connectivity index (χ3n) is 3.46. The average molecular weight is 302 g/mol. The molecule has 0 saturated heterocycles. The van der Waals surface area contributed by atoms with Gasteiger partial charge in [0.2, 0.25) is 0 Å². The predicted molar refractivity (Wildman–Crippen MR) is 91.2 cm³/mol. The molecular weight excluding hydrogens is 280 g/mol. The van der Waals surface area contributed by atoms with E-state index in [9.17, 15) is 5.11 Å². The second-order valence-corrected chi connectivity index (χ2v) is 6.12. The van der Waals surface area contributed by atoms with Crippen LogP contribution in [0.1, 0.15) is 16.7 Å². The van der Waals surface area contributed by atoms with Gasteiger partial charge in [0.15, 0.2) is 0 Å². The van der Waals surface area contributed by atoms with Gasteiger partial charge in [0.1, 0.15) is 5.75 Å². The van der Waals surface area contributed by atoms with Crippen LogP contribution in [0, 0.1) is 13.8 Å². The third kappa shape index (κ3) is 4.02. The lowest BCUT2D eigenvalue weighted by Crippen LogP contribution is -2.01. The minimum absolute atomic E-state index is 0.0712. The Kier molecular flexibility index (Phi) is 5.71. The summed E-state index contributed by atoms with van der Waals surface area (Å²) in [5, 5.41) is 9.29. The van der Waals surface area contributed by atoms with Crippen molar-refractivity contribution >= 4 is 11.8 Å². The molecule has 0 unspecified atom stereocenters. The van der Waals surface area contributed by atoms with E-state index in [1.54, 1.807) is 11.8 Å². The van der Waals surface area contributed by atoms with E-state index in [2.05, 4.69) is 38.3 Å². The summed E-state index contributed by atoms with van der Waals surface area (Å²) in [4.78, 5) is 0. The summed E-state index contributed by atoms with van der Waals surface area (Å²) >= 11 is 1.78. The molecule has 1 N–H and O–H groups in total. The van der Waals surface area contributed by atoms with Gasteiger partial charge in [-0.3, -0.25) is 0 Å². The zero-order valence-electron chi connectivity index (χ0n) is 12.8. The summed E-state index contributed by atoms with van der Waals surface area (Å²) in [5.74, 6) is 1.93. The van der Waals surface area contributed by atoms with Gasteiger partial charge in [-0.1, -0.05) is 18.2 Å². The Morgan fingerprint density at radius 1 is 1.10 bits per heavy atom. The summed E-state index contributed by atoms with van der Waals surface area (Å²) in [5.41, 5.74) is 5.70. The molecule has 112 valence electrons. The van der Waals surface area contributed by atoms with Gasteiger partial charge in [-0.15, -0.1) is 0 Å². The van der Waals surface area contributed by atoms with Gasteiger partial charge in [0.05, 0.1) is 13.2 Å². The third-order valence-corrected chi connectivity index (χ3v) is 4.04. The molecule has 2 aromatic carbocycles. The first-order chi connectivity index (χ1) is 10.2. The number of hydrogen-bond acceptors (Lipinski definition) is 3. The zero-order valence-corrected chi connectivity index (χ0v) is 13.7. The van der Waals surface area contributed by atoms with Crippen LogP contribution in [0.15, 0.2) is 36.4 Å². The molecule has 0 aromatic heterocycles.